The number of aryl methyl sites for hydroxylation is 2. The van der Waals surface area contributed by atoms with Crippen LogP contribution < -0.4 is 9.64 Å². The predicted molar refractivity (Wildman–Crippen MR) is 105 cm³/mol. The Balaban J connectivity index is 1.35. The molecule has 0 aromatic carbocycles. The molecule has 0 amide bonds. The number of thioether (sulfide) groups is 1. The molecule has 0 radical (unpaired) electrons. The van der Waals surface area contributed by atoms with Gasteiger partial charge < -0.3 is 9.64 Å². The van der Waals surface area contributed by atoms with Gasteiger partial charge in [0.1, 0.15) is 5.82 Å². The fourth-order valence-electron chi connectivity index (χ4n) is 3.24. The van der Waals surface area contributed by atoms with Crippen LogP contribution in [0.15, 0.2) is 23.5 Å². The summed E-state index contributed by atoms with van der Waals surface area (Å²) in [6.45, 7) is 6.52. The molecule has 142 valence electrons. The largest absolute Gasteiger partial charge is 0.477 e. The summed E-state index contributed by atoms with van der Waals surface area (Å²) in [5.74, 6) is 3.00. The molecule has 1 aliphatic heterocycles. The van der Waals surface area contributed by atoms with Gasteiger partial charge in [-0.2, -0.15) is 9.50 Å². The zero-order valence-corrected chi connectivity index (χ0v) is 16.6. The van der Waals surface area contributed by atoms with E-state index < -0.39 is 0 Å². The van der Waals surface area contributed by atoms with Crippen LogP contribution in [-0.2, 0) is 0 Å². The van der Waals surface area contributed by atoms with Gasteiger partial charge in [0.15, 0.2) is 16.6 Å². The zero-order valence-electron chi connectivity index (χ0n) is 15.8. The molecule has 9 heteroatoms. The summed E-state index contributed by atoms with van der Waals surface area (Å²) in [6, 6.07) is 3.99. The maximum atomic E-state index is 6.00. The lowest BCUT2D eigenvalue weighted by Gasteiger charge is -2.32. The van der Waals surface area contributed by atoms with Crippen molar-refractivity contribution in [3.63, 3.8) is 0 Å². The zero-order chi connectivity index (χ0) is 18.8. The van der Waals surface area contributed by atoms with Gasteiger partial charge in [0.05, 0.1) is 6.61 Å². The molecule has 0 saturated carbocycles. The Bertz CT molecular complexity index is 937. The molecule has 3 aromatic rings. The summed E-state index contributed by atoms with van der Waals surface area (Å²) in [7, 11) is 0. The van der Waals surface area contributed by atoms with Gasteiger partial charge in [0, 0.05) is 24.8 Å². The molecule has 4 rings (SSSR count). The summed E-state index contributed by atoms with van der Waals surface area (Å²) < 4.78 is 7.80. The maximum absolute atomic E-state index is 6.00. The van der Waals surface area contributed by atoms with Gasteiger partial charge in [-0.15, -0.1) is 15.3 Å². The van der Waals surface area contributed by atoms with Crippen LogP contribution in [-0.4, -0.2) is 55.7 Å². The second-order valence-electron chi connectivity index (χ2n) is 6.80. The molecule has 1 fully saturated rings. The van der Waals surface area contributed by atoms with Crippen molar-refractivity contribution in [2.75, 3.05) is 30.9 Å². The molecule has 0 bridgehead atoms. The van der Waals surface area contributed by atoms with Crippen LogP contribution in [0.25, 0.3) is 5.65 Å². The first-order valence-electron chi connectivity index (χ1n) is 9.08. The van der Waals surface area contributed by atoms with Crippen molar-refractivity contribution in [2.24, 2.45) is 5.92 Å². The lowest BCUT2D eigenvalue weighted by Crippen LogP contribution is -2.36. The number of fused-ring (bicyclic) bond motifs is 1. The van der Waals surface area contributed by atoms with E-state index in [1.54, 1.807) is 4.52 Å². The molecular formula is C18H23N7OS. The number of hydrogen-bond donors (Lipinski definition) is 0. The second kappa shape index (κ2) is 7.67. The number of piperidine rings is 1. The maximum Gasteiger partial charge on any atom is 0.220 e. The Morgan fingerprint density at radius 1 is 1.19 bits per heavy atom. The highest BCUT2D eigenvalue weighted by atomic mass is 32.2. The third-order valence-electron chi connectivity index (χ3n) is 4.88. The summed E-state index contributed by atoms with van der Waals surface area (Å²) >= 11 is 1.53. The van der Waals surface area contributed by atoms with E-state index in [-0.39, 0.29) is 0 Å². The number of hydrogen-bond acceptors (Lipinski definition) is 8. The molecule has 1 aliphatic rings. The fraction of sp³-hybridized carbons (Fsp3) is 0.500. The van der Waals surface area contributed by atoms with Crippen LogP contribution in [0, 0.1) is 19.8 Å². The van der Waals surface area contributed by atoms with Crippen molar-refractivity contribution in [3.8, 4) is 5.88 Å². The van der Waals surface area contributed by atoms with Gasteiger partial charge in [0.25, 0.3) is 0 Å². The van der Waals surface area contributed by atoms with Gasteiger partial charge in [-0.05, 0) is 51.0 Å². The van der Waals surface area contributed by atoms with Crippen LogP contribution in [0.2, 0.25) is 0 Å². The average molecular weight is 385 g/mol. The van der Waals surface area contributed by atoms with Crippen molar-refractivity contribution in [3.05, 3.63) is 29.7 Å². The standard InChI is InChI=1S/C18H23N7OS/c1-12-10-19-18(27-3)20-17(12)26-11-14-6-8-24(9-7-14)16-5-4-15-22-21-13(2)25(15)23-16/h4-5,10,14H,6-9,11H2,1-3H3. The van der Waals surface area contributed by atoms with Crippen LogP contribution in [0.5, 0.6) is 5.88 Å². The number of ether oxygens (including phenoxy) is 1. The molecule has 0 aliphatic carbocycles. The predicted octanol–water partition coefficient (Wildman–Crippen LogP) is 2.55. The lowest BCUT2D eigenvalue weighted by atomic mass is 9.98. The number of anilines is 1. The average Bonchev–Trinajstić information content (AvgIpc) is 3.08. The Kier molecular flexibility index (Phi) is 5.11. The number of rotatable bonds is 5. The Morgan fingerprint density at radius 2 is 2.00 bits per heavy atom. The molecule has 27 heavy (non-hydrogen) atoms. The summed E-state index contributed by atoms with van der Waals surface area (Å²) in [5.41, 5.74) is 1.76. The topological polar surface area (TPSA) is 81.3 Å². The first-order chi connectivity index (χ1) is 13.1. The first kappa shape index (κ1) is 18.0. The highest BCUT2D eigenvalue weighted by molar-refractivity contribution is 7.98. The monoisotopic (exact) mass is 385 g/mol. The molecule has 4 heterocycles. The number of aromatic nitrogens is 6. The Labute approximate surface area is 162 Å². The van der Waals surface area contributed by atoms with E-state index in [4.69, 9.17) is 4.74 Å². The minimum Gasteiger partial charge on any atom is -0.477 e. The second-order valence-corrected chi connectivity index (χ2v) is 7.57. The minimum absolute atomic E-state index is 0.522. The van der Waals surface area contributed by atoms with Gasteiger partial charge in [-0.25, -0.2) is 4.98 Å². The molecule has 0 N–H and O–H groups in total. The molecule has 0 atom stereocenters. The quantitative estimate of drug-likeness (QED) is 0.490. The van der Waals surface area contributed by atoms with E-state index in [0.717, 1.165) is 53.9 Å². The molecule has 0 unspecified atom stereocenters. The molecule has 1 saturated heterocycles. The van der Waals surface area contributed by atoms with Gasteiger partial charge in [0.2, 0.25) is 5.88 Å². The van der Waals surface area contributed by atoms with Crippen molar-refractivity contribution in [1.82, 2.24) is 29.8 Å². The Hall–Kier alpha value is -2.42. The van der Waals surface area contributed by atoms with Crippen LogP contribution in [0.1, 0.15) is 24.2 Å². The van der Waals surface area contributed by atoms with Gasteiger partial charge >= 0.3 is 0 Å². The fourth-order valence-corrected chi connectivity index (χ4v) is 3.57. The van der Waals surface area contributed by atoms with Crippen molar-refractivity contribution in [1.29, 1.82) is 0 Å². The minimum atomic E-state index is 0.522. The van der Waals surface area contributed by atoms with E-state index in [9.17, 15) is 0 Å². The van der Waals surface area contributed by atoms with Crippen LogP contribution in [0.4, 0.5) is 5.82 Å². The smallest absolute Gasteiger partial charge is 0.220 e. The third-order valence-corrected chi connectivity index (χ3v) is 5.45. The van der Waals surface area contributed by atoms with Crippen molar-refractivity contribution in [2.45, 2.75) is 31.8 Å². The van der Waals surface area contributed by atoms with Crippen LogP contribution >= 0.6 is 11.8 Å². The van der Waals surface area contributed by atoms with Gasteiger partial charge in [-0.1, -0.05) is 11.8 Å². The summed E-state index contributed by atoms with van der Waals surface area (Å²) in [5, 5.41) is 13.6. The third kappa shape index (κ3) is 3.83. The molecule has 8 nitrogen and oxygen atoms in total. The molecule has 3 aromatic heterocycles. The molecular weight excluding hydrogens is 362 g/mol. The highest BCUT2D eigenvalue weighted by Gasteiger charge is 2.22. The van der Waals surface area contributed by atoms with Gasteiger partial charge in [-0.3, -0.25) is 0 Å². The first-order valence-corrected chi connectivity index (χ1v) is 10.3. The van der Waals surface area contributed by atoms with E-state index in [1.807, 2.05) is 38.4 Å². The summed E-state index contributed by atoms with van der Waals surface area (Å²) in [4.78, 5) is 11.0. The van der Waals surface area contributed by atoms with Crippen molar-refractivity contribution < 1.29 is 4.74 Å². The van der Waals surface area contributed by atoms with E-state index in [2.05, 4.69) is 30.2 Å². The summed E-state index contributed by atoms with van der Waals surface area (Å²) in [6.07, 6.45) is 5.93. The van der Waals surface area contributed by atoms with Crippen molar-refractivity contribution >= 4 is 23.2 Å². The Morgan fingerprint density at radius 3 is 2.78 bits per heavy atom. The van der Waals surface area contributed by atoms with E-state index >= 15 is 0 Å². The van der Waals surface area contributed by atoms with Crippen LogP contribution in [0.3, 0.4) is 0 Å². The molecule has 0 spiro atoms. The number of nitrogens with zero attached hydrogens (tertiary/aromatic N) is 7. The van der Waals surface area contributed by atoms with E-state index in [0.29, 0.717) is 18.4 Å². The highest BCUT2D eigenvalue weighted by Crippen LogP contribution is 2.24. The lowest BCUT2D eigenvalue weighted by molar-refractivity contribution is 0.213. The normalized spacial score (nSPS) is 15.4. The SMILES string of the molecule is CSc1ncc(C)c(OCC2CCN(c3ccc4nnc(C)n4n3)CC2)n1. The van der Waals surface area contributed by atoms with E-state index in [1.165, 1.54) is 11.8 Å².